The van der Waals surface area contributed by atoms with E-state index in [1.54, 1.807) is 37.2 Å². The number of morpholine rings is 1. The molecule has 2 N–H and O–H groups in total. The van der Waals surface area contributed by atoms with Crippen LogP contribution in [-0.4, -0.2) is 82.9 Å². The molecule has 2 bridgehead atoms. The lowest BCUT2D eigenvalue weighted by Gasteiger charge is -2.48. The average Bonchev–Trinajstić information content (AvgIpc) is 3.83. The van der Waals surface area contributed by atoms with E-state index < -0.39 is 35.2 Å². The zero-order chi connectivity index (χ0) is 31.8. The Labute approximate surface area is 261 Å². The average molecular weight is 644 g/mol. The minimum Gasteiger partial charge on any atom is -0.395 e. The molecule has 1 saturated carbocycles. The molecule has 15 heteroatoms. The molecule has 2 aromatic heterocycles. The summed E-state index contributed by atoms with van der Waals surface area (Å²) in [6.07, 6.45) is 0.0348. The lowest BCUT2D eigenvalue weighted by atomic mass is 9.84. The molecule has 3 aliphatic heterocycles. The first-order valence-electron chi connectivity index (χ1n) is 14.8. The molecular weight excluding hydrogens is 612 g/mol. The Morgan fingerprint density at radius 3 is 2.56 bits per heavy atom. The summed E-state index contributed by atoms with van der Waals surface area (Å²) in [6.45, 7) is 0.876. The van der Waals surface area contributed by atoms with E-state index in [0.29, 0.717) is 67.3 Å². The van der Waals surface area contributed by atoms with Crippen LogP contribution in [-0.2, 0) is 21.3 Å². The number of alkyl halides is 2. The standard InChI is InChI=1S/C30H32ClF2N7O5/c1-38(2)26(41)15-8-17-12-44-13-18(9-15)40(17)29-34-11-20(31)25(37-29)35-16-6-7-21-19(10-16)23-22(27(42)39(21)3)28(43)45-30(32,33)24(36-23)14-4-5-14/h6-7,10-11,14-15,17-18,24,36H,4-5,8-9,12-13H2,1-3H3,(H,34,35,37)/t15?,17?,18?,24-/m0/s1. The second kappa shape index (κ2) is 10.8. The maximum Gasteiger partial charge on any atom is 0.421 e. The number of carbonyl (C=O) groups is 2. The number of esters is 1. The number of pyridine rings is 1. The number of rotatable bonds is 5. The predicted molar refractivity (Wildman–Crippen MR) is 162 cm³/mol. The maximum atomic E-state index is 15.0. The van der Waals surface area contributed by atoms with E-state index in [1.165, 1.54) is 17.8 Å². The number of benzene rings is 1. The summed E-state index contributed by atoms with van der Waals surface area (Å²) in [5.74, 6) is -1.06. The number of nitrogens with zero attached hydrogens (tertiary/aromatic N) is 5. The largest absolute Gasteiger partial charge is 0.421 e. The molecule has 5 heterocycles. The van der Waals surface area contributed by atoms with Crippen molar-refractivity contribution in [3.8, 4) is 0 Å². The van der Waals surface area contributed by atoms with E-state index in [-0.39, 0.29) is 34.6 Å². The number of amides is 1. The van der Waals surface area contributed by atoms with Gasteiger partial charge in [-0.05, 0) is 49.8 Å². The first kappa shape index (κ1) is 29.7. The van der Waals surface area contributed by atoms with Crippen LogP contribution in [0.1, 0.15) is 36.0 Å². The topological polar surface area (TPSA) is 131 Å². The first-order chi connectivity index (χ1) is 21.4. The second-order valence-electron chi connectivity index (χ2n) is 12.4. The number of cyclic esters (lactones) is 1. The summed E-state index contributed by atoms with van der Waals surface area (Å²) in [6, 6.07) is 3.36. The Morgan fingerprint density at radius 1 is 1.18 bits per heavy atom. The van der Waals surface area contributed by atoms with Gasteiger partial charge in [0, 0.05) is 38.1 Å². The molecule has 3 atom stereocenters. The van der Waals surface area contributed by atoms with Crippen LogP contribution in [0.25, 0.3) is 10.9 Å². The smallest absolute Gasteiger partial charge is 0.395 e. The number of fused-ring (bicyclic) bond motifs is 5. The van der Waals surface area contributed by atoms with Crippen molar-refractivity contribution in [3.05, 3.63) is 45.3 Å². The number of anilines is 4. The third-order valence-corrected chi connectivity index (χ3v) is 9.40. The second-order valence-corrected chi connectivity index (χ2v) is 12.8. The van der Waals surface area contributed by atoms with Gasteiger partial charge >= 0.3 is 12.1 Å². The number of hydrogen-bond donors (Lipinski definition) is 2. The molecule has 0 radical (unpaired) electrons. The molecule has 2 unspecified atom stereocenters. The third kappa shape index (κ3) is 5.13. The molecule has 1 aromatic carbocycles. The summed E-state index contributed by atoms with van der Waals surface area (Å²) >= 11 is 6.53. The Bertz CT molecular complexity index is 1770. The van der Waals surface area contributed by atoms with E-state index >= 15 is 0 Å². The fourth-order valence-corrected chi connectivity index (χ4v) is 6.92. The number of nitrogens with one attached hydrogen (secondary N) is 2. The number of carbonyl (C=O) groups excluding carboxylic acids is 2. The predicted octanol–water partition coefficient (Wildman–Crippen LogP) is 3.75. The number of halogens is 3. The highest BCUT2D eigenvalue weighted by atomic mass is 35.5. The molecule has 7 rings (SSSR count). The highest BCUT2D eigenvalue weighted by molar-refractivity contribution is 6.33. The van der Waals surface area contributed by atoms with Crippen molar-refractivity contribution in [2.75, 3.05) is 42.8 Å². The van der Waals surface area contributed by atoms with Crippen LogP contribution < -0.4 is 21.1 Å². The van der Waals surface area contributed by atoms with Gasteiger partial charge in [-0.2, -0.15) is 13.8 Å². The monoisotopic (exact) mass is 643 g/mol. The molecule has 4 aliphatic rings. The van der Waals surface area contributed by atoms with Crippen molar-refractivity contribution in [1.29, 1.82) is 0 Å². The van der Waals surface area contributed by atoms with Crippen LogP contribution in [0.15, 0.2) is 29.2 Å². The summed E-state index contributed by atoms with van der Waals surface area (Å²) < 4.78 is 41.5. The van der Waals surface area contributed by atoms with Crippen molar-refractivity contribution in [2.45, 2.75) is 49.9 Å². The minimum atomic E-state index is -3.78. The Balaban J connectivity index is 1.24. The highest BCUT2D eigenvalue weighted by Gasteiger charge is 2.54. The molecule has 238 valence electrons. The van der Waals surface area contributed by atoms with Gasteiger partial charge in [0.05, 0.1) is 42.7 Å². The number of aromatic nitrogens is 3. The van der Waals surface area contributed by atoms with Crippen LogP contribution in [0.3, 0.4) is 0 Å². The Morgan fingerprint density at radius 2 is 1.89 bits per heavy atom. The lowest BCUT2D eigenvalue weighted by Crippen LogP contribution is -2.59. The number of aryl methyl sites for hydroxylation is 1. The van der Waals surface area contributed by atoms with Crippen molar-refractivity contribution in [1.82, 2.24) is 19.4 Å². The normalized spacial score (nSPS) is 25.6. The molecule has 1 amide bonds. The molecule has 12 nitrogen and oxygen atoms in total. The highest BCUT2D eigenvalue weighted by Crippen LogP contribution is 2.45. The van der Waals surface area contributed by atoms with Gasteiger partial charge in [0.25, 0.3) is 5.56 Å². The number of hydrogen-bond acceptors (Lipinski definition) is 10. The van der Waals surface area contributed by atoms with Crippen molar-refractivity contribution in [2.24, 2.45) is 18.9 Å². The number of ether oxygens (including phenoxy) is 2. The lowest BCUT2D eigenvalue weighted by molar-refractivity contribution is -0.212. The molecule has 0 spiro atoms. The summed E-state index contributed by atoms with van der Waals surface area (Å²) in [5.41, 5.74) is -0.285. The Kier molecular flexibility index (Phi) is 7.11. The molecular formula is C30H32ClF2N7O5. The molecule has 45 heavy (non-hydrogen) atoms. The van der Waals surface area contributed by atoms with E-state index in [0.717, 1.165) is 0 Å². The van der Waals surface area contributed by atoms with Crippen LogP contribution in [0.5, 0.6) is 0 Å². The van der Waals surface area contributed by atoms with Gasteiger partial charge in [0.15, 0.2) is 5.82 Å². The maximum absolute atomic E-state index is 15.0. The molecule has 3 fully saturated rings. The van der Waals surface area contributed by atoms with Gasteiger partial charge in [0.1, 0.15) is 16.6 Å². The van der Waals surface area contributed by atoms with Gasteiger partial charge < -0.3 is 34.5 Å². The van der Waals surface area contributed by atoms with E-state index in [2.05, 4.69) is 25.3 Å². The molecule has 1 aliphatic carbocycles. The van der Waals surface area contributed by atoms with E-state index in [9.17, 15) is 23.2 Å². The van der Waals surface area contributed by atoms with Crippen LogP contribution in [0, 0.1) is 11.8 Å². The molecule has 3 aromatic rings. The number of piperidine rings is 1. The fraction of sp³-hybridized carbons (Fsp3) is 0.500. The Hall–Kier alpha value is -4.04. The minimum absolute atomic E-state index is 0.00765. The zero-order valence-corrected chi connectivity index (χ0v) is 25.6. The fourth-order valence-electron chi connectivity index (χ4n) is 6.78. The summed E-state index contributed by atoms with van der Waals surface area (Å²) in [4.78, 5) is 51.7. The van der Waals surface area contributed by atoms with Crippen LogP contribution >= 0.6 is 11.6 Å². The van der Waals surface area contributed by atoms with Gasteiger partial charge in [-0.25, -0.2) is 9.78 Å². The van der Waals surface area contributed by atoms with Crippen LogP contribution in [0.2, 0.25) is 5.02 Å². The van der Waals surface area contributed by atoms with Crippen molar-refractivity contribution >= 4 is 57.5 Å². The van der Waals surface area contributed by atoms with Gasteiger partial charge in [-0.15, -0.1) is 0 Å². The van der Waals surface area contributed by atoms with Crippen molar-refractivity contribution in [3.63, 3.8) is 0 Å². The van der Waals surface area contributed by atoms with Crippen LogP contribution in [0.4, 0.5) is 31.9 Å². The van der Waals surface area contributed by atoms with E-state index in [4.69, 9.17) is 21.3 Å². The quantitative estimate of drug-likeness (QED) is 0.397. The first-order valence-corrected chi connectivity index (χ1v) is 15.2. The van der Waals surface area contributed by atoms with Gasteiger partial charge in [-0.3, -0.25) is 9.59 Å². The van der Waals surface area contributed by atoms with Gasteiger partial charge in [0.2, 0.25) is 11.9 Å². The van der Waals surface area contributed by atoms with Crippen molar-refractivity contribution < 1.29 is 27.8 Å². The summed E-state index contributed by atoms with van der Waals surface area (Å²) in [7, 11) is 4.98. The zero-order valence-electron chi connectivity index (χ0n) is 24.8. The SMILES string of the molecule is CN(C)C(=O)C1CC2COCC(C1)N2c1ncc(Cl)c(Nc2ccc3c(c2)c2c(c(=O)n3C)C(=O)OC(F)(F)[C@H](C3CC3)N2)n1. The molecule has 2 saturated heterocycles. The third-order valence-electron chi connectivity index (χ3n) is 9.12. The summed E-state index contributed by atoms with van der Waals surface area (Å²) in [5, 5.41) is 6.63. The van der Waals surface area contributed by atoms with Gasteiger partial charge in [-0.1, -0.05) is 11.6 Å². The van der Waals surface area contributed by atoms with E-state index in [1.807, 2.05) is 0 Å².